The number of benzene rings is 1. The van der Waals surface area contributed by atoms with Crippen molar-refractivity contribution in [2.75, 3.05) is 12.3 Å². The Labute approximate surface area is 93.2 Å². The lowest BCUT2D eigenvalue weighted by molar-refractivity contribution is 0.758. The van der Waals surface area contributed by atoms with Gasteiger partial charge in [0.15, 0.2) is 0 Å². The van der Waals surface area contributed by atoms with E-state index in [0.29, 0.717) is 6.54 Å². The van der Waals surface area contributed by atoms with E-state index in [0.717, 1.165) is 15.4 Å². The van der Waals surface area contributed by atoms with Crippen LogP contribution in [0.4, 0.5) is 0 Å². The molecule has 0 bridgehead atoms. The molecule has 4 heteroatoms. The molecule has 0 aromatic heterocycles. The normalized spacial score (nSPS) is 10.7. The van der Waals surface area contributed by atoms with Crippen molar-refractivity contribution in [2.45, 2.75) is 5.75 Å². The molecule has 13 heavy (non-hydrogen) atoms. The van der Waals surface area contributed by atoms with E-state index in [9.17, 15) is 0 Å². The molecule has 0 N–H and O–H groups in total. The zero-order chi connectivity index (χ0) is 9.52. The SMILES string of the molecule is ClN(Cl)CCSCc1ccccc1. The van der Waals surface area contributed by atoms with Gasteiger partial charge < -0.3 is 0 Å². The monoisotopic (exact) mass is 235 g/mol. The lowest BCUT2D eigenvalue weighted by Crippen LogP contribution is -2.02. The molecule has 0 aliphatic carbocycles. The van der Waals surface area contributed by atoms with E-state index in [1.54, 1.807) is 0 Å². The number of hydrogen-bond donors (Lipinski definition) is 0. The van der Waals surface area contributed by atoms with E-state index in [1.807, 2.05) is 30.0 Å². The molecule has 0 aliphatic rings. The Balaban J connectivity index is 2.13. The van der Waals surface area contributed by atoms with Crippen molar-refractivity contribution in [1.29, 1.82) is 0 Å². The Kier molecular flexibility index (Phi) is 5.63. The highest BCUT2D eigenvalue weighted by atomic mass is 35.5. The van der Waals surface area contributed by atoms with Crippen molar-refractivity contribution in [3.8, 4) is 0 Å². The van der Waals surface area contributed by atoms with Gasteiger partial charge in [-0.25, -0.2) is 0 Å². The standard InChI is InChI=1S/C9H11Cl2NS/c10-12(11)6-7-13-8-9-4-2-1-3-5-9/h1-5H,6-8H2. The van der Waals surface area contributed by atoms with Crippen LogP contribution in [0.25, 0.3) is 0 Å². The third-order valence-corrected chi connectivity index (χ3v) is 2.86. The summed E-state index contributed by atoms with van der Waals surface area (Å²) in [5.74, 6) is 1.96. The second kappa shape index (κ2) is 6.55. The van der Waals surface area contributed by atoms with Gasteiger partial charge in [-0.2, -0.15) is 11.8 Å². The van der Waals surface area contributed by atoms with Crippen molar-refractivity contribution in [2.24, 2.45) is 0 Å². The first-order chi connectivity index (χ1) is 6.29. The molecule has 0 radical (unpaired) electrons. The van der Waals surface area contributed by atoms with Gasteiger partial charge in [0.25, 0.3) is 0 Å². The maximum Gasteiger partial charge on any atom is 0.0395 e. The molecule has 1 aromatic rings. The highest BCUT2D eigenvalue weighted by Gasteiger charge is 1.95. The minimum absolute atomic E-state index is 0.695. The topological polar surface area (TPSA) is 3.24 Å². The molecule has 1 nitrogen and oxygen atoms in total. The Morgan fingerprint density at radius 3 is 2.46 bits per heavy atom. The third kappa shape index (κ3) is 5.42. The fraction of sp³-hybridized carbons (Fsp3) is 0.333. The predicted octanol–water partition coefficient (Wildman–Crippen LogP) is 3.53. The van der Waals surface area contributed by atoms with Gasteiger partial charge >= 0.3 is 0 Å². The van der Waals surface area contributed by atoms with E-state index in [4.69, 9.17) is 23.6 Å². The first-order valence-corrected chi connectivity index (χ1v) is 5.83. The van der Waals surface area contributed by atoms with Crippen LogP contribution in [-0.2, 0) is 5.75 Å². The van der Waals surface area contributed by atoms with E-state index >= 15 is 0 Å². The molecule has 1 rings (SSSR count). The zero-order valence-corrected chi connectivity index (χ0v) is 9.45. The summed E-state index contributed by atoms with van der Waals surface area (Å²) in [6.07, 6.45) is 0. The fourth-order valence-corrected chi connectivity index (χ4v) is 2.15. The minimum atomic E-state index is 0.695. The Morgan fingerprint density at radius 2 is 1.85 bits per heavy atom. The van der Waals surface area contributed by atoms with Gasteiger partial charge in [0.1, 0.15) is 0 Å². The van der Waals surface area contributed by atoms with Crippen LogP contribution in [0.1, 0.15) is 5.56 Å². The van der Waals surface area contributed by atoms with Crippen molar-refractivity contribution in [1.82, 2.24) is 3.94 Å². The van der Waals surface area contributed by atoms with Crippen LogP contribution in [0.5, 0.6) is 0 Å². The summed E-state index contributed by atoms with van der Waals surface area (Å²) in [5.41, 5.74) is 1.34. The molecule has 1 aromatic carbocycles. The molecule has 72 valence electrons. The summed E-state index contributed by atoms with van der Waals surface area (Å²) < 4.78 is 1.16. The average molecular weight is 236 g/mol. The summed E-state index contributed by atoms with van der Waals surface area (Å²) in [5, 5.41) is 0. The van der Waals surface area contributed by atoms with E-state index < -0.39 is 0 Å². The van der Waals surface area contributed by atoms with Crippen LogP contribution in [0.3, 0.4) is 0 Å². The molecule has 0 spiro atoms. The Morgan fingerprint density at radius 1 is 1.15 bits per heavy atom. The molecule has 0 aliphatic heterocycles. The number of hydrogen-bond acceptors (Lipinski definition) is 2. The predicted molar refractivity (Wildman–Crippen MR) is 61.0 cm³/mol. The van der Waals surface area contributed by atoms with Crippen molar-refractivity contribution >= 4 is 35.3 Å². The van der Waals surface area contributed by atoms with Crippen LogP contribution >= 0.6 is 35.3 Å². The summed E-state index contributed by atoms with van der Waals surface area (Å²) in [4.78, 5) is 0. The van der Waals surface area contributed by atoms with Crippen molar-refractivity contribution < 1.29 is 0 Å². The highest BCUT2D eigenvalue weighted by molar-refractivity contribution is 7.98. The van der Waals surface area contributed by atoms with E-state index in [1.165, 1.54) is 5.56 Å². The van der Waals surface area contributed by atoms with Gasteiger partial charge in [0.05, 0.1) is 0 Å². The van der Waals surface area contributed by atoms with Gasteiger partial charge in [-0.1, -0.05) is 30.3 Å². The highest BCUT2D eigenvalue weighted by Crippen LogP contribution is 2.12. The van der Waals surface area contributed by atoms with Crippen molar-refractivity contribution in [3.05, 3.63) is 35.9 Å². The van der Waals surface area contributed by atoms with Crippen LogP contribution in [0.15, 0.2) is 30.3 Å². The molecule has 0 heterocycles. The summed E-state index contributed by atoms with van der Waals surface area (Å²) in [7, 11) is 0. The second-order valence-electron chi connectivity index (χ2n) is 2.56. The Hall–Kier alpha value is 0.110. The first kappa shape index (κ1) is 11.2. The summed E-state index contributed by atoms with van der Waals surface area (Å²) in [6.45, 7) is 0.695. The first-order valence-electron chi connectivity index (χ1n) is 4.00. The smallest absolute Gasteiger partial charge is 0.0395 e. The lowest BCUT2D eigenvalue weighted by atomic mass is 10.2. The van der Waals surface area contributed by atoms with Gasteiger partial charge in [0.2, 0.25) is 0 Å². The zero-order valence-electron chi connectivity index (χ0n) is 7.12. The van der Waals surface area contributed by atoms with Gasteiger partial charge in [-0.3, -0.25) is 0 Å². The molecule has 0 unspecified atom stereocenters. The molecule has 0 amide bonds. The largest absolute Gasteiger partial charge is 0.156 e. The number of nitrogens with zero attached hydrogens (tertiary/aromatic N) is 1. The van der Waals surface area contributed by atoms with E-state index in [2.05, 4.69) is 12.1 Å². The number of halogens is 2. The van der Waals surface area contributed by atoms with Crippen molar-refractivity contribution in [3.63, 3.8) is 0 Å². The fourth-order valence-electron chi connectivity index (χ4n) is 0.898. The summed E-state index contributed by atoms with van der Waals surface area (Å²) in [6, 6.07) is 10.3. The molecule has 0 saturated heterocycles. The minimum Gasteiger partial charge on any atom is -0.156 e. The molecule has 0 saturated carbocycles. The molecule has 0 fully saturated rings. The Bertz CT molecular complexity index is 228. The number of rotatable bonds is 5. The average Bonchev–Trinajstić information content (AvgIpc) is 2.14. The van der Waals surface area contributed by atoms with Gasteiger partial charge in [-0.15, -0.1) is 3.94 Å². The van der Waals surface area contributed by atoms with Gasteiger partial charge in [0, 0.05) is 18.1 Å². The quantitative estimate of drug-likeness (QED) is 0.568. The van der Waals surface area contributed by atoms with Crippen LogP contribution in [-0.4, -0.2) is 16.2 Å². The van der Waals surface area contributed by atoms with Crippen LogP contribution in [0, 0.1) is 0 Å². The lowest BCUT2D eigenvalue weighted by Gasteiger charge is -2.03. The van der Waals surface area contributed by atoms with Gasteiger partial charge in [-0.05, 0) is 29.1 Å². The maximum atomic E-state index is 5.44. The molecular weight excluding hydrogens is 225 g/mol. The maximum absolute atomic E-state index is 5.44. The van der Waals surface area contributed by atoms with Crippen LogP contribution in [0.2, 0.25) is 0 Å². The molecule has 0 atom stereocenters. The second-order valence-corrected chi connectivity index (χ2v) is 4.66. The summed E-state index contributed by atoms with van der Waals surface area (Å²) >= 11 is 12.7. The van der Waals surface area contributed by atoms with Crippen LogP contribution < -0.4 is 0 Å². The third-order valence-electron chi connectivity index (χ3n) is 1.52. The number of thioether (sulfide) groups is 1. The van der Waals surface area contributed by atoms with E-state index in [-0.39, 0.29) is 0 Å². The molecular formula is C9H11Cl2NS.